The Morgan fingerprint density at radius 1 is 1.14 bits per heavy atom. The lowest BCUT2D eigenvalue weighted by atomic mass is 10.1. The number of carboxylic acid groups (broad SMARTS) is 1. The first-order valence-corrected chi connectivity index (χ1v) is 10.5. The normalized spacial score (nSPS) is 16.3. The molecule has 150 valence electrons. The van der Waals surface area contributed by atoms with Crippen LogP contribution in [0, 0.1) is 0 Å². The van der Waals surface area contributed by atoms with Gasteiger partial charge in [-0.3, -0.25) is 0 Å². The molecule has 6 heteroatoms. The first kappa shape index (κ1) is 19.5. The van der Waals surface area contributed by atoms with Gasteiger partial charge < -0.3 is 19.9 Å². The summed E-state index contributed by atoms with van der Waals surface area (Å²) in [5, 5.41) is 12.8. The summed E-state index contributed by atoms with van der Waals surface area (Å²) in [4.78, 5) is 12.9. The third-order valence-electron chi connectivity index (χ3n) is 4.81. The minimum absolute atomic E-state index is 0.127. The van der Waals surface area contributed by atoms with Crippen molar-refractivity contribution in [2.45, 2.75) is 32.1 Å². The van der Waals surface area contributed by atoms with Crippen LogP contribution in [0.15, 0.2) is 60.7 Å². The lowest BCUT2D eigenvalue weighted by Gasteiger charge is -2.24. The van der Waals surface area contributed by atoms with E-state index in [1.54, 1.807) is 0 Å². The standard InChI is InChI=1S/C23H23NO4S/c25-23(26)22-19(24-21-8-4-5-13-27-21)14-20(29-22)17-9-11-18(12-10-17)28-15-16-6-2-1-3-7-16/h1-3,6-7,9-12,14,21,24H,4-5,8,13,15H2,(H,25,26). The van der Waals surface area contributed by atoms with E-state index in [2.05, 4.69) is 5.32 Å². The summed E-state index contributed by atoms with van der Waals surface area (Å²) in [7, 11) is 0. The second-order valence-electron chi connectivity index (χ2n) is 6.96. The Morgan fingerprint density at radius 3 is 2.62 bits per heavy atom. The Hall–Kier alpha value is -2.83. The Bertz CT molecular complexity index is 947. The number of rotatable bonds is 7. The third kappa shape index (κ3) is 4.96. The van der Waals surface area contributed by atoms with Gasteiger partial charge >= 0.3 is 5.97 Å². The molecule has 1 fully saturated rings. The van der Waals surface area contributed by atoms with Crippen molar-refractivity contribution >= 4 is 23.0 Å². The molecule has 1 aromatic heterocycles. The Balaban J connectivity index is 1.47. The van der Waals surface area contributed by atoms with Crippen LogP contribution in [-0.2, 0) is 11.3 Å². The maximum Gasteiger partial charge on any atom is 0.348 e. The van der Waals surface area contributed by atoms with Gasteiger partial charge in [-0.15, -0.1) is 11.3 Å². The van der Waals surface area contributed by atoms with Gasteiger partial charge in [0.1, 0.15) is 23.5 Å². The molecule has 2 aromatic carbocycles. The van der Waals surface area contributed by atoms with Crippen LogP contribution in [0.1, 0.15) is 34.5 Å². The van der Waals surface area contributed by atoms with Crippen LogP contribution in [0.3, 0.4) is 0 Å². The summed E-state index contributed by atoms with van der Waals surface area (Å²) < 4.78 is 11.5. The molecular formula is C23H23NO4S. The van der Waals surface area contributed by atoms with Crippen LogP contribution < -0.4 is 10.1 Å². The number of carboxylic acids is 1. The number of anilines is 1. The quantitative estimate of drug-likeness (QED) is 0.529. The predicted octanol–water partition coefficient (Wildman–Crippen LogP) is 5.63. The second kappa shape index (κ2) is 9.11. The predicted molar refractivity (Wildman–Crippen MR) is 115 cm³/mol. The first-order valence-electron chi connectivity index (χ1n) is 9.71. The second-order valence-corrected chi connectivity index (χ2v) is 8.01. The van der Waals surface area contributed by atoms with Gasteiger partial charge in [0.15, 0.2) is 0 Å². The molecule has 1 atom stereocenters. The lowest BCUT2D eigenvalue weighted by molar-refractivity contribution is 0.0343. The van der Waals surface area contributed by atoms with Crippen molar-refractivity contribution in [1.29, 1.82) is 0 Å². The molecule has 0 aliphatic carbocycles. The van der Waals surface area contributed by atoms with Crippen molar-refractivity contribution in [3.63, 3.8) is 0 Å². The fourth-order valence-electron chi connectivity index (χ4n) is 3.28. The van der Waals surface area contributed by atoms with Gasteiger partial charge in [-0.2, -0.15) is 0 Å². The van der Waals surface area contributed by atoms with Gasteiger partial charge in [0.25, 0.3) is 0 Å². The van der Waals surface area contributed by atoms with Crippen molar-refractivity contribution in [2.24, 2.45) is 0 Å². The number of hydrogen-bond donors (Lipinski definition) is 2. The lowest BCUT2D eigenvalue weighted by Crippen LogP contribution is -2.27. The molecule has 1 aliphatic rings. The average Bonchev–Trinajstić information content (AvgIpc) is 3.18. The highest BCUT2D eigenvalue weighted by Crippen LogP contribution is 2.36. The number of aromatic carboxylic acids is 1. The average molecular weight is 410 g/mol. The van der Waals surface area contributed by atoms with Gasteiger partial charge in [0.05, 0.1) is 5.69 Å². The van der Waals surface area contributed by atoms with E-state index in [0.29, 0.717) is 23.8 Å². The van der Waals surface area contributed by atoms with Crippen LogP contribution in [-0.4, -0.2) is 23.9 Å². The molecular weight excluding hydrogens is 386 g/mol. The smallest absolute Gasteiger partial charge is 0.348 e. The Morgan fingerprint density at radius 2 is 1.93 bits per heavy atom. The third-order valence-corrected chi connectivity index (χ3v) is 5.98. The minimum Gasteiger partial charge on any atom is -0.489 e. The van der Waals surface area contributed by atoms with Crippen LogP contribution in [0.4, 0.5) is 5.69 Å². The monoisotopic (exact) mass is 409 g/mol. The molecule has 2 N–H and O–H groups in total. The van der Waals surface area contributed by atoms with Crippen molar-refractivity contribution in [3.05, 3.63) is 71.1 Å². The van der Waals surface area contributed by atoms with Gasteiger partial charge in [-0.1, -0.05) is 30.3 Å². The molecule has 2 heterocycles. The molecule has 0 bridgehead atoms. The Kier molecular flexibility index (Phi) is 6.12. The molecule has 1 unspecified atom stereocenters. The van der Waals surface area contributed by atoms with Gasteiger partial charge in [-0.05, 0) is 60.7 Å². The topological polar surface area (TPSA) is 67.8 Å². The summed E-state index contributed by atoms with van der Waals surface area (Å²) in [6.07, 6.45) is 2.90. The van der Waals surface area contributed by atoms with Gasteiger partial charge in [0, 0.05) is 11.5 Å². The molecule has 1 saturated heterocycles. The molecule has 0 radical (unpaired) electrons. The Labute approximate surface area is 173 Å². The summed E-state index contributed by atoms with van der Waals surface area (Å²) in [6.45, 7) is 1.22. The summed E-state index contributed by atoms with van der Waals surface area (Å²) >= 11 is 1.27. The summed E-state index contributed by atoms with van der Waals surface area (Å²) in [6, 6.07) is 19.6. The van der Waals surface area contributed by atoms with E-state index < -0.39 is 5.97 Å². The number of hydrogen-bond acceptors (Lipinski definition) is 5. The molecule has 5 nitrogen and oxygen atoms in total. The van der Waals surface area contributed by atoms with E-state index in [1.807, 2.05) is 60.7 Å². The van der Waals surface area contributed by atoms with E-state index in [9.17, 15) is 9.90 Å². The zero-order chi connectivity index (χ0) is 20.1. The van der Waals surface area contributed by atoms with E-state index in [-0.39, 0.29) is 6.23 Å². The van der Waals surface area contributed by atoms with E-state index in [4.69, 9.17) is 9.47 Å². The molecule has 1 aliphatic heterocycles. The van der Waals surface area contributed by atoms with Crippen LogP contribution in [0.2, 0.25) is 0 Å². The van der Waals surface area contributed by atoms with Crippen molar-refractivity contribution < 1.29 is 19.4 Å². The van der Waals surface area contributed by atoms with E-state index in [1.165, 1.54) is 11.3 Å². The molecule has 29 heavy (non-hydrogen) atoms. The molecule has 0 saturated carbocycles. The van der Waals surface area contributed by atoms with E-state index >= 15 is 0 Å². The highest BCUT2D eigenvalue weighted by atomic mass is 32.1. The summed E-state index contributed by atoms with van der Waals surface area (Å²) in [5.74, 6) is -0.149. The minimum atomic E-state index is -0.928. The fourth-order valence-corrected chi connectivity index (χ4v) is 4.25. The van der Waals surface area contributed by atoms with Gasteiger partial charge in [0.2, 0.25) is 0 Å². The van der Waals surface area contributed by atoms with Gasteiger partial charge in [-0.25, -0.2) is 4.79 Å². The SMILES string of the molecule is O=C(O)c1sc(-c2ccc(OCc3ccccc3)cc2)cc1NC1CCCCO1. The van der Waals surface area contributed by atoms with Crippen molar-refractivity contribution in [1.82, 2.24) is 0 Å². The van der Waals surface area contributed by atoms with Crippen LogP contribution >= 0.6 is 11.3 Å². The van der Waals surface area contributed by atoms with Crippen molar-refractivity contribution in [3.8, 4) is 16.2 Å². The maximum absolute atomic E-state index is 11.7. The summed E-state index contributed by atoms with van der Waals surface area (Å²) in [5.41, 5.74) is 2.69. The number of nitrogens with one attached hydrogen (secondary N) is 1. The first-order chi connectivity index (χ1) is 14.2. The zero-order valence-corrected chi connectivity index (χ0v) is 16.8. The van der Waals surface area contributed by atoms with Crippen LogP contribution in [0.5, 0.6) is 5.75 Å². The van der Waals surface area contributed by atoms with Crippen LogP contribution in [0.25, 0.3) is 10.4 Å². The largest absolute Gasteiger partial charge is 0.489 e. The molecule has 4 rings (SSSR count). The highest BCUT2D eigenvalue weighted by Gasteiger charge is 2.20. The number of thiophene rings is 1. The zero-order valence-electron chi connectivity index (χ0n) is 16.0. The number of benzene rings is 2. The maximum atomic E-state index is 11.7. The van der Waals surface area contributed by atoms with Crippen molar-refractivity contribution in [2.75, 3.05) is 11.9 Å². The fraction of sp³-hybridized carbons (Fsp3) is 0.261. The molecule has 0 amide bonds. The number of ether oxygens (including phenoxy) is 2. The molecule has 3 aromatic rings. The molecule has 0 spiro atoms. The highest BCUT2D eigenvalue weighted by molar-refractivity contribution is 7.18. The van der Waals surface area contributed by atoms with E-state index in [0.717, 1.165) is 41.0 Å². The number of carbonyl (C=O) groups is 1.